The number of hydrogen-bond acceptors (Lipinski definition) is 4. The Kier molecular flexibility index (Phi) is 6.14. The average molecular weight is 193 g/mol. The summed E-state index contributed by atoms with van der Waals surface area (Å²) < 4.78 is 0. The highest BCUT2D eigenvalue weighted by molar-refractivity contribution is 7.99. The van der Waals surface area contributed by atoms with Crippen LogP contribution in [-0.4, -0.2) is 39.8 Å². The van der Waals surface area contributed by atoms with Crippen molar-refractivity contribution in [2.24, 2.45) is 5.73 Å². The van der Waals surface area contributed by atoms with Crippen LogP contribution < -0.4 is 5.73 Å². The molecule has 0 aromatic carbocycles. The minimum atomic E-state index is -0.966. The summed E-state index contributed by atoms with van der Waals surface area (Å²) in [5, 5.41) is 17.2. The molecule has 0 aliphatic heterocycles. The molecular formula is C7H15NO3S. The van der Waals surface area contributed by atoms with Gasteiger partial charge in [-0.25, -0.2) is 0 Å². The van der Waals surface area contributed by atoms with Gasteiger partial charge in [-0.2, -0.15) is 11.8 Å². The lowest BCUT2D eigenvalue weighted by Crippen LogP contribution is -2.30. The highest BCUT2D eigenvalue weighted by atomic mass is 32.2. The topological polar surface area (TPSA) is 83.5 Å². The summed E-state index contributed by atoms with van der Waals surface area (Å²) in [7, 11) is 0. The Morgan fingerprint density at radius 3 is 2.67 bits per heavy atom. The molecule has 4 N–H and O–H groups in total. The second kappa shape index (κ2) is 6.28. The minimum Gasteiger partial charge on any atom is -0.480 e. The van der Waals surface area contributed by atoms with E-state index >= 15 is 0 Å². The summed E-state index contributed by atoms with van der Waals surface area (Å²) in [5.74, 6) is -0.290. The lowest BCUT2D eigenvalue weighted by atomic mass is 10.2. The maximum absolute atomic E-state index is 10.3. The average Bonchev–Trinajstić information content (AvgIpc) is 2.03. The highest BCUT2D eigenvalue weighted by Gasteiger charge is 2.11. The molecule has 0 spiro atoms. The minimum absolute atomic E-state index is 0.118. The first-order valence-corrected chi connectivity index (χ1v) is 4.83. The fraction of sp³-hybridized carbons (Fsp3) is 0.857. The van der Waals surface area contributed by atoms with Crippen LogP contribution in [0.2, 0.25) is 0 Å². The number of rotatable bonds is 6. The molecule has 2 unspecified atom stereocenters. The SMILES string of the molecule is CC(CO)SCCC(N)C(=O)O. The second-order valence-corrected chi connectivity index (χ2v) is 4.14. The number of thioether (sulfide) groups is 1. The first-order chi connectivity index (χ1) is 5.57. The predicted molar refractivity (Wildman–Crippen MR) is 49.2 cm³/mol. The molecule has 0 aromatic rings. The van der Waals surface area contributed by atoms with Crippen LogP contribution in [0.5, 0.6) is 0 Å². The maximum atomic E-state index is 10.3. The third kappa shape index (κ3) is 5.40. The summed E-state index contributed by atoms with van der Waals surface area (Å²) in [5.41, 5.74) is 5.27. The van der Waals surface area contributed by atoms with E-state index in [1.807, 2.05) is 6.92 Å². The van der Waals surface area contributed by atoms with Crippen LogP contribution in [0.15, 0.2) is 0 Å². The van der Waals surface area contributed by atoms with Gasteiger partial charge in [0.25, 0.3) is 0 Å². The Morgan fingerprint density at radius 2 is 2.25 bits per heavy atom. The summed E-state index contributed by atoms with van der Waals surface area (Å²) >= 11 is 1.53. The monoisotopic (exact) mass is 193 g/mol. The zero-order valence-electron chi connectivity index (χ0n) is 7.06. The largest absolute Gasteiger partial charge is 0.480 e. The molecule has 0 radical (unpaired) electrons. The van der Waals surface area contributed by atoms with Crippen LogP contribution in [0, 0.1) is 0 Å². The zero-order valence-corrected chi connectivity index (χ0v) is 7.88. The van der Waals surface area contributed by atoms with Crippen molar-refractivity contribution in [3.8, 4) is 0 Å². The molecule has 72 valence electrons. The molecule has 0 aromatic heterocycles. The van der Waals surface area contributed by atoms with Crippen molar-refractivity contribution in [2.45, 2.75) is 24.6 Å². The number of carboxylic acid groups (broad SMARTS) is 1. The summed E-state index contributed by atoms with van der Waals surface area (Å²) in [6, 6.07) is -0.775. The van der Waals surface area contributed by atoms with E-state index in [2.05, 4.69) is 0 Å². The number of aliphatic hydroxyl groups excluding tert-OH is 1. The molecule has 0 rings (SSSR count). The fourth-order valence-corrected chi connectivity index (χ4v) is 1.47. The Hall–Kier alpha value is -0.260. The molecule has 4 nitrogen and oxygen atoms in total. The smallest absolute Gasteiger partial charge is 0.320 e. The standard InChI is InChI=1S/C7H15NO3S/c1-5(4-9)12-3-2-6(8)7(10)11/h5-6,9H,2-4,8H2,1H3,(H,10,11). The zero-order chi connectivity index (χ0) is 9.56. The molecule has 0 bridgehead atoms. The van der Waals surface area contributed by atoms with Gasteiger partial charge in [-0.3, -0.25) is 4.79 Å². The van der Waals surface area contributed by atoms with E-state index in [1.54, 1.807) is 0 Å². The van der Waals surface area contributed by atoms with E-state index in [0.29, 0.717) is 12.2 Å². The molecule has 5 heteroatoms. The van der Waals surface area contributed by atoms with E-state index in [0.717, 1.165) is 0 Å². The van der Waals surface area contributed by atoms with Crippen LogP contribution in [0.25, 0.3) is 0 Å². The predicted octanol–water partition coefficient (Wildman–Crippen LogP) is -0.0976. The number of carbonyl (C=O) groups is 1. The number of hydrogen-bond donors (Lipinski definition) is 3. The van der Waals surface area contributed by atoms with Gasteiger partial charge in [-0.1, -0.05) is 6.92 Å². The Labute approximate surface area is 76.1 Å². The van der Waals surface area contributed by atoms with Crippen LogP contribution in [0.3, 0.4) is 0 Å². The first-order valence-electron chi connectivity index (χ1n) is 3.78. The van der Waals surface area contributed by atoms with Crippen molar-refractivity contribution < 1.29 is 15.0 Å². The number of aliphatic hydroxyl groups is 1. The van der Waals surface area contributed by atoms with E-state index in [9.17, 15) is 4.79 Å². The van der Waals surface area contributed by atoms with E-state index in [4.69, 9.17) is 15.9 Å². The van der Waals surface area contributed by atoms with Gasteiger partial charge >= 0.3 is 5.97 Å². The molecule has 0 saturated heterocycles. The third-order valence-corrected chi connectivity index (χ3v) is 2.60. The van der Waals surface area contributed by atoms with Crippen molar-refractivity contribution in [2.75, 3.05) is 12.4 Å². The molecule has 0 amide bonds. The van der Waals surface area contributed by atoms with Crippen molar-refractivity contribution in [3.63, 3.8) is 0 Å². The van der Waals surface area contributed by atoms with Crippen molar-refractivity contribution >= 4 is 17.7 Å². The van der Waals surface area contributed by atoms with Gasteiger partial charge in [-0.05, 0) is 12.2 Å². The Bertz CT molecular complexity index is 143. The van der Waals surface area contributed by atoms with E-state index in [1.165, 1.54) is 11.8 Å². The van der Waals surface area contributed by atoms with Gasteiger partial charge in [0.15, 0.2) is 0 Å². The molecule has 0 aliphatic rings. The molecule has 2 atom stereocenters. The van der Waals surface area contributed by atoms with Crippen molar-refractivity contribution in [1.29, 1.82) is 0 Å². The van der Waals surface area contributed by atoms with Crippen LogP contribution in [-0.2, 0) is 4.79 Å². The van der Waals surface area contributed by atoms with Gasteiger partial charge in [0.05, 0.1) is 6.61 Å². The third-order valence-electron chi connectivity index (χ3n) is 1.41. The van der Waals surface area contributed by atoms with Gasteiger partial charge < -0.3 is 15.9 Å². The normalized spacial score (nSPS) is 15.6. The van der Waals surface area contributed by atoms with Gasteiger partial charge in [-0.15, -0.1) is 0 Å². The van der Waals surface area contributed by atoms with Gasteiger partial charge in [0, 0.05) is 5.25 Å². The molecule has 0 fully saturated rings. The van der Waals surface area contributed by atoms with Gasteiger partial charge in [0.2, 0.25) is 0 Å². The summed E-state index contributed by atoms with van der Waals surface area (Å²) in [6.07, 6.45) is 0.449. The van der Waals surface area contributed by atoms with Crippen LogP contribution in [0.4, 0.5) is 0 Å². The summed E-state index contributed by atoms with van der Waals surface area (Å²) in [4.78, 5) is 10.3. The van der Waals surface area contributed by atoms with Gasteiger partial charge in [0.1, 0.15) is 6.04 Å². The highest BCUT2D eigenvalue weighted by Crippen LogP contribution is 2.11. The molecule has 12 heavy (non-hydrogen) atoms. The summed E-state index contributed by atoms with van der Waals surface area (Å²) in [6.45, 7) is 2.00. The second-order valence-electron chi connectivity index (χ2n) is 2.60. The maximum Gasteiger partial charge on any atom is 0.320 e. The lowest BCUT2D eigenvalue weighted by Gasteiger charge is -2.08. The van der Waals surface area contributed by atoms with E-state index < -0.39 is 12.0 Å². The molecular weight excluding hydrogens is 178 g/mol. The number of aliphatic carboxylic acids is 1. The van der Waals surface area contributed by atoms with Crippen molar-refractivity contribution in [3.05, 3.63) is 0 Å². The Morgan fingerprint density at radius 1 is 1.67 bits per heavy atom. The van der Waals surface area contributed by atoms with Crippen LogP contribution in [0.1, 0.15) is 13.3 Å². The number of nitrogens with two attached hydrogens (primary N) is 1. The molecule has 0 heterocycles. The molecule has 0 aliphatic carbocycles. The quantitative estimate of drug-likeness (QED) is 0.548. The van der Waals surface area contributed by atoms with Crippen LogP contribution >= 0.6 is 11.8 Å². The fourth-order valence-electron chi connectivity index (χ4n) is 0.572. The molecule has 0 saturated carbocycles. The van der Waals surface area contributed by atoms with Crippen molar-refractivity contribution in [1.82, 2.24) is 0 Å². The Balaban J connectivity index is 3.37. The number of carboxylic acids is 1. The van der Waals surface area contributed by atoms with E-state index in [-0.39, 0.29) is 11.9 Å². The first kappa shape index (κ1) is 11.7. The lowest BCUT2D eigenvalue weighted by molar-refractivity contribution is -0.138.